The van der Waals surface area contributed by atoms with Crippen LogP contribution in [-0.4, -0.2) is 28.2 Å². The van der Waals surface area contributed by atoms with Gasteiger partial charge in [-0.1, -0.05) is 0 Å². The zero-order chi connectivity index (χ0) is 14.6. The minimum atomic E-state index is -0.125. The quantitative estimate of drug-likeness (QED) is 0.730. The summed E-state index contributed by atoms with van der Waals surface area (Å²) in [6.07, 6.45) is 3.35. The van der Waals surface area contributed by atoms with E-state index in [9.17, 15) is 4.79 Å². The van der Waals surface area contributed by atoms with Crippen molar-refractivity contribution in [2.75, 3.05) is 18.4 Å². The first-order valence-corrected chi connectivity index (χ1v) is 6.81. The summed E-state index contributed by atoms with van der Waals surface area (Å²) >= 11 is 0. The van der Waals surface area contributed by atoms with E-state index in [1.807, 2.05) is 24.3 Å². The van der Waals surface area contributed by atoms with Crippen molar-refractivity contribution < 1.29 is 0 Å². The molecule has 5 nitrogen and oxygen atoms in total. The summed E-state index contributed by atoms with van der Waals surface area (Å²) in [7, 11) is 0. The van der Waals surface area contributed by atoms with E-state index in [1.54, 1.807) is 17.0 Å². The lowest BCUT2D eigenvalue weighted by Crippen LogP contribution is -2.38. The maximum Gasteiger partial charge on any atom is 0.330 e. The molecule has 0 radical (unpaired) electrons. The standard InChI is InChI=1S/C15H22N4O/c1-15(2,3)18-9-8-16-12-4-6-13(7-5-12)19-11-10-17-14(19)20/h4-7,10-11,16,18H,8-9H2,1-3H3,(H,17,20). The molecule has 1 heterocycles. The second-order valence-corrected chi connectivity index (χ2v) is 5.79. The first-order valence-electron chi connectivity index (χ1n) is 6.81. The lowest BCUT2D eigenvalue weighted by molar-refractivity contribution is 0.435. The minimum absolute atomic E-state index is 0.125. The average Bonchev–Trinajstić information content (AvgIpc) is 2.81. The molecule has 0 aliphatic rings. The van der Waals surface area contributed by atoms with Crippen molar-refractivity contribution in [3.63, 3.8) is 0 Å². The number of aromatic nitrogens is 2. The third-order valence-corrected chi connectivity index (χ3v) is 2.90. The largest absolute Gasteiger partial charge is 0.384 e. The number of aromatic amines is 1. The molecule has 0 saturated carbocycles. The molecule has 0 unspecified atom stereocenters. The predicted octanol–water partition coefficient (Wildman–Crippen LogP) is 1.97. The predicted molar refractivity (Wildman–Crippen MR) is 82.6 cm³/mol. The van der Waals surface area contributed by atoms with Gasteiger partial charge >= 0.3 is 5.69 Å². The Morgan fingerprint density at radius 2 is 1.85 bits per heavy atom. The first-order chi connectivity index (χ1) is 9.46. The molecule has 2 aromatic rings. The van der Waals surface area contributed by atoms with E-state index in [4.69, 9.17) is 0 Å². The second kappa shape index (κ2) is 5.96. The summed E-state index contributed by atoms with van der Waals surface area (Å²) < 4.78 is 1.57. The van der Waals surface area contributed by atoms with Gasteiger partial charge in [-0.2, -0.15) is 0 Å². The number of imidazole rings is 1. The third kappa shape index (κ3) is 3.99. The Balaban J connectivity index is 1.89. The van der Waals surface area contributed by atoms with E-state index in [1.165, 1.54) is 0 Å². The fourth-order valence-corrected chi connectivity index (χ4v) is 1.91. The van der Waals surface area contributed by atoms with Crippen LogP contribution in [-0.2, 0) is 0 Å². The molecule has 0 atom stereocenters. The van der Waals surface area contributed by atoms with Gasteiger partial charge in [0.15, 0.2) is 0 Å². The molecule has 0 aliphatic carbocycles. The molecule has 0 saturated heterocycles. The van der Waals surface area contributed by atoms with Gasteiger partial charge in [0.2, 0.25) is 0 Å². The molecule has 1 aromatic heterocycles. The number of hydrogen-bond acceptors (Lipinski definition) is 3. The number of benzene rings is 1. The van der Waals surface area contributed by atoms with Crippen molar-refractivity contribution in [1.82, 2.24) is 14.9 Å². The normalized spacial score (nSPS) is 11.6. The Hall–Kier alpha value is -2.01. The highest BCUT2D eigenvalue weighted by atomic mass is 16.1. The van der Waals surface area contributed by atoms with Crippen LogP contribution in [0.15, 0.2) is 41.5 Å². The van der Waals surface area contributed by atoms with Gasteiger partial charge in [0.25, 0.3) is 0 Å². The lowest BCUT2D eigenvalue weighted by Gasteiger charge is -2.20. The monoisotopic (exact) mass is 274 g/mol. The lowest BCUT2D eigenvalue weighted by atomic mass is 10.1. The molecule has 0 aliphatic heterocycles. The van der Waals surface area contributed by atoms with Crippen molar-refractivity contribution in [2.24, 2.45) is 0 Å². The fraction of sp³-hybridized carbons (Fsp3) is 0.400. The van der Waals surface area contributed by atoms with Crippen molar-refractivity contribution in [1.29, 1.82) is 0 Å². The van der Waals surface area contributed by atoms with E-state index in [-0.39, 0.29) is 11.2 Å². The topological polar surface area (TPSA) is 61.9 Å². The molecule has 0 amide bonds. The van der Waals surface area contributed by atoms with E-state index in [0.717, 1.165) is 24.5 Å². The van der Waals surface area contributed by atoms with Crippen molar-refractivity contribution >= 4 is 5.69 Å². The van der Waals surface area contributed by atoms with Crippen molar-refractivity contribution in [2.45, 2.75) is 26.3 Å². The fourth-order valence-electron chi connectivity index (χ4n) is 1.91. The van der Waals surface area contributed by atoms with Gasteiger partial charge in [-0.15, -0.1) is 0 Å². The van der Waals surface area contributed by atoms with Crippen LogP contribution in [0, 0.1) is 0 Å². The van der Waals surface area contributed by atoms with Gasteiger partial charge in [-0.25, -0.2) is 4.79 Å². The molecule has 20 heavy (non-hydrogen) atoms. The van der Waals surface area contributed by atoms with Gasteiger partial charge in [0.05, 0.1) is 5.69 Å². The summed E-state index contributed by atoms with van der Waals surface area (Å²) in [6, 6.07) is 7.81. The van der Waals surface area contributed by atoms with Crippen LogP contribution in [0.25, 0.3) is 5.69 Å². The first kappa shape index (κ1) is 14.4. The number of anilines is 1. The molecule has 0 bridgehead atoms. The average molecular weight is 274 g/mol. The Morgan fingerprint density at radius 1 is 1.15 bits per heavy atom. The molecular weight excluding hydrogens is 252 g/mol. The Bertz CT molecular complexity index is 589. The number of nitrogens with one attached hydrogen (secondary N) is 3. The summed E-state index contributed by atoms with van der Waals surface area (Å²) in [6.45, 7) is 8.21. The molecule has 3 N–H and O–H groups in total. The molecule has 0 spiro atoms. The van der Waals surface area contributed by atoms with Crippen molar-refractivity contribution in [3.05, 3.63) is 47.1 Å². The Labute approximate surface area is 119 Å². The molecule has 5 heteroatoms. The van der Waals surface area contributed by atoms with Crippen LogP contribution in [0.3, 0.4) is 0 Å². The summed E-state index contributed by atoms with van der Waals surface area (Å²) in [5.41, 5.74) is 1.92. The van der Waals surface area contributed by atoms with Gasteiger partial charge in [-0.05, 0) is 45.0 Å². The Kier molecular flexibility index (Phi) is 4.29. The highest BCUT2D eigenvalue weighted by Crippen LogP contribution is 2.11. The Morgan fingerprint density at radius 3 is 2.40 bits per heavy atom. The minimum Gasteiger partial charge on any atom is -0.384 e. The summed E-state index contributed by atoms with van der Waals surface area (Å²) in [4.78, 5) is 14.1. The second-order valence-electron chi connectivity index (χ2n) is 5.79. The van der Waals surface area contributed by atoms with Crippen LogP contribution in [0.2, 0.25) is 0 Å². The molecular formula is C15H22N4O. The molecule has 108 valence electrons. The third-order valence-electron chi connectivity index (χ3n) is 2.90. The SMILES string of the molecule is CC(C)(C)NCCNc1ccc(-n2cc[nH]c2=O)cc1. The van der Waals surface area contributed by atoms with E-state index in [2.05, 4.69) is 36.4 Å². The highest BCUT2D eigenvalue weighted by molar-refractivity contribution is 5.48. The van der Waals surface area contributed by atoms with Gasteiger partial charge in [0.1, 0.15) is 0 Å². The molecule has 0 fully saturated rings. The maximum atomic E-state index is 11.5. The van der Waals surface area contributed by atoms with E-state index >= 15 is 0 Å². The van der Waals surface area contributed by atoms with Crippen molar-refractivity contribution in [3.8, 4) is 5.69 Å². The summed E-state index contributed by atoms with van der Waals surface area (Å²) in [5, 5.41) is 6.77. The molecule has 2 rings (SSSR count). The van der Waals surface area contributed by atoms with Crippen LogP contribution in [0.4, 0.5) is 5.69 Å². The van der Waals surface area contributed by atoms with E-state index < -0.39 is 0 Å². The van der Waals surface area contributed by atoms with Crippen LogP contribution >= 0.6 is 0 Å². The van der Waals surface area contributed by atoms with Gasteiger partial charge < -0.3 is 15.6 Å². The number of hydrogen-bond donors (Lipinski definition) is 3. The van der Waals surface area contributed by atoms with Gasteiger partial charge in [0, 0.05) is 36.7 Å². The van der Waals surface area contributed by atoms with Gasteiger partial charge in [-0.3, -0.25) is 4.57 Å². The summed E-state index contributed by atoms with van der Waals surface area (Å²) in [5.74, 6) is 0. The maximum absolute atomic E-state index is 11.5. The zero-order valence-corrected chi connectivity index (χ0v) is 12.2. The smallest absolute Gasteiger partial charge is 0.330 e. The number of H-pyrrole nitrogens is 1. The van der Waals surface area contributed by atoms with Crippen LogP contribution < -0.4 is 16.3 Å². The number of rotatable bonds is 5. The molecule has 1 aromatic carbocycles. The van der Waals surface area contributed by atoms with Crippen LogP contribution in [0.5, 0.6) is 0 Å². The zero-order valence-electron chi connectivity index (χ0n) is 12.2. The van der Waals surface area contributed by atoms with Crippen LogP contribution in [0.1, 0.15) is 20.8 Å². The van der Waals surface area contributed by atoms with E-state index in [0.29, 0.717) is 0 Å². The highest BCUT2D eigenvalue weighted by Gasteiger charge is 2.07. The number of nitrogens with zero attached hydrogens (tertiary/aromatic N) is 1.